The molecule has 2 aliphatic rings. The fraction of sp³-hybridized carbons (Fsp3) is 0.938. The Balaban J connectivity index is 2.18. The van der Waals surface area contributed by atoms with Gasteiger partial charge in [0, 0.05) is 18.8 Å². The molecule has 0 aromatic heterocycles. The second kappa shape index (κ2) is 6.44. The van der Waals surface area contributed by atoms with Gasteiger partial charge in [-0.1, -0.05) is 26.7 Å². The predicted octanol–water partition coefficient (Wildman–Crippen LogP) is 2.67. The molecule has 1 saturated heterocycles. The van der Waals surface area contributed by atoms with E-state index < -0.39 is 5.60 Å². The Morgan fingerprint density at radius 3 is 2.35 bits per heavy atom. The third-order valence-electron chi connectivity index (χ3n) is 5.06. The molecule has 20 heavy (non-hydrogen) atoms. The van der Waals surface area contributed by atoms with Gasteiger partial charge >= 0.3 is 5.97 Å². The van der Waals surface area contributed by atoms with Gasteiger partial charge in [0.1, 0.15) is 0 Å². The maximum absolute atomic E-state index is 11.1. The number of carbonyl (C=O) groups excluding carboxylic acids is 1. The highest BCUT2D eigenvalue weighted by Crippen LogP contribution is 2.48. The van der Waals surface area contributed by atoms with Gasteiger partial charge in [-0.15, -0.1) is 0 Å². The Hall–Kier alpha value is -0.610. The highest BCUT2D eigenvalue weighted by molar-refractivity contribution is 5.65. The fourth-order valence-electron chi connectivity index (χ4n) is 4.16. The van der Waals surface area contributed by atoms with Crippen LogP contribution in [0.15, 0.2) is 0 Å². The quantitative estimate of drug-likeness (QED) is 0.789. The van der Waals surface area contributed by atoms with E-state index >= 15 is 0 Å². The predicted molar refractivity (Wildman–Crippen MR) is 76.3 cm³/mol. The van der Waals surface area contributed by atoms with Crippen LogP contribution in [0.1, 0.15) is 59.3 Å². The van der Waals surface area contributed by atoms with Crippen molar-refractivity contribution in [2.24, 2.45) is 11.8 Å². The first-order valence-electron chi connectivity index (χ1n) is 8.03. The van der Waals surface area contributed by atoms with Crippen molar-refractivity contribution in [2.45, 2.75) is 77.1 Å². The summed E-state index contributed by atoms with van der Waals surface area (Å²) in [6, 6.07) is 0. The van der Waals surface area contributed by atoms with Crippen LogP contribution in [-0.2, 0) is 14.3 Å². The molecule has 0 radical (unpaired) electrons. The molecule has 1 heterocycles. The summed E-state index contributed by atoms with van der Waals surface area (Å²) in [4.78, 5) is 11.1. The lowest BCUT2D eigenvalue weighted by Gasteiger charge is -2.36. The van der Waals surface area contributed by atoms with Gasteiger partial charge in [-0.25, -0.2) is 0 Å². The minimum atomic E-state index is -0.630. The molecule has 0 aromatic rings. The molecule has 1 saturated carbocycles. The van der Waals surface area contributed by atoms with E-state index in [0.717, 1.165) is 38.5 Å². The summed E-state index contributed by atoms with van der Waals surface area (Å²) in [6.07, 6.45) is 5.85. The minimum absolute atomic E-state index is 0.0867. The molecular weight excluding hydrogens is 256 g/mol. The van der Waals surface area contributed by atoms with Gasteiger partial charge in [0.2, 0.25) is 0 Å². The molecule has 4 nitrogen and oxygen atoms in total. The molecule has 1 aliphatic carbocycles. The highest BCUT2D eigenvalue weighted by Gasteiger charge is 2.54. The highest BCUT2D eigenvalue weighted by atomic mass is 16.5. The van der Waals surface area contributed by atoms with Crippen LogP contribution in [0.4, 0.5) is 0 Å². The summed E-state index contributed by atoms with van der Waals surface area (Å²) in [6.45, 7) is 6.01. The van der Waals surface area contributed by atoms with Gasteiger partial charge in [-0.05, 0) is 25.7 Å². The summed E-state index contributed by atoms with van der Waals surface area (Å²) in [5.74, 6) is -0.0341. The molecule has 4 unspecified atom stereocenters. The van der Waals surface area contributed by atoms with E-state index in [0.29, 0.717) is 6.61 Å². The number of esters is 1. The number of ether oxygens (including phenoxy) is 2. The van der Waals surface area contributed by atoms with Crippen molar-refractivity contribution in [3.05, 3.63) is 0 Å². The lowest BCUT2D eigenvalue weighted by Crippen LogP contribution is -2.45. The van der Waals surface area contributed by atoms with E-state index in [4.69, 9.17) is 9.47 Å². The molecule has 0 amide bonds. The summed E-state index contributed by atoms with van der Waals surface area (Å²) < 4.78 is 11.4. The minimum Gasteiger partial charge on any atom is -0.465 e. The molecule has 0 bridgehead atoms. The Morgan fingerprint density at radius 2 is 1.85 bits per heavy atom. The van der Waals surface area contributed by atoms with Gasteiger partial charge < -0.3 is 14.6 Å². The monoisotopic (exact) mass is 284 g/mol. The normalized spacial score (nSPS) is 36.2. The average Bonchev–Trinajstić information content (AvgIpc) is 3.00. The molecule has 1 N–H and O–H groups in total. The number of hydrogen-bond donors (Lipinski definition) is 1. The van der Waals surface area contributed by atoms with E-state index in [9.17, 15) is 9.90 Å². The number of rotatable bonds is 5. The summed E-state index contributed by atoms with van der Waals surface area (Å²) in [7, 11) is 0. The van der Waals surface area contributed by atoms with Crippen LogP contribution in [-0.4, -0.2) is 35.5 Å². The van der Waals surface area contributed by atoms with Crippen molar-refractivity contribution < 1.29 is 19.4 Å². The van der Waals surface area contributed by atoms with Crippen molar-refractivity contribution in [1.29, 1.82) is 0 Å². The largest absolute Gasteiger partial charge is 0.465 e. The van der Waals surface area contributed by atoms with E-state index in [-0.39, 0.29) is 30.0 Å². The standard InChI is InChI=1S/C16H28O4/c1-4-13-12(10-19-11(3)17)15(14(5-2)20-13)16(18)8-6-7-9-16/h12-15,18H,4-10H2,1-3H3. The van der Waals surface area contributed by atoms with Gasteiger partial charge in [-0.2, -0.15) is 0 Å². The summed E-state index contributed by atoms with van der Waals surface area (Å²) >= 11 is 0. The zero-order chi connectivity index (χ0) is 14.8. The third-order valence-corrected chi connectivity index (χ3v) is 5.06. The third kappa shape index (κ3) is 3.01. The molecule has 0 spiro atoms. The van der Waals surface area contributed by atoms with Crippen molar-refractivity contribution in [2.75, 3.05) is 6.61 Å². The van der Waals surface area contributed by atoms with Crippen molar-refractivity contribution in [3.8, 4) is 0 Å². The zero-order valence-corrected chi connectivity index (χ0v) is 12.9. The van der Waals surface area contributed by atoms with E-state index in [1.807, 2.05) is 0 Å². The first kappa shape index (κ1) is 15.8. The van der Waals surface area contributed by atoms with Crippen LogP contribution in [0.25, 0.3) is 0 Å². The van der Waals surface area contributed by atoms with Crippen LogP contribution < -0.4 is 0 Å². The van der Waals surface area contributed by atoms with Crippen LogP contribution >= 0.6 is 0 Å². The average molecular weight is 284 g/mol. The van der Waals surface area contributed by atoms with Gasteiger partial charge in [0.25, 0.3) is 0 Å². The van der Waals surface area contributed by atoms with E-state index in [2.05, 4.69) is 13.8 Å². The van der Waals surface area contributed by atoms with Crippen LogP contribution in [0.3, 0.4) is 0 Å². The first-order valence-corrected chi connectivity index (χ1v) is 8.03. The Labute approximate surface area is 121 Å². The molecule has 2 fully saturated rings. The lowest BCUT2D eigenvalue weighted by atomic mass is 9.73. The molecule has 0 aromatic carbocycles. The zero-order valence-electron chi connectivity index (χ0n) is 12.9. The van der Waals surface area contributed by atoms with E-state index in [1.165, 1.54) is 6.92 Å². The van der Waals surface area contributed by atoms with Crippen LogP contribution in [0.5, 0.6) is 0 Å². The second-order valence-electron chi connectivity index (χ2n) is 6.33. The maximum atomic E-state index is 11.1. The Bertz CT molecular complexity index is 335. The first-order chi connectivity index (χ1) is 9.51. The molecule has 4 heteroatoms. The molecular formula is C16H28O4. The topological polar surface area (TPSA) is 55.8 Å². The van der Waals surface area contributed by atoms with Crippen LogP contribution in [0, 0.1) is 11.8 Å². The van der Waals surface area contributed by atoms with E-state index in [1.54, 1.807) is 0 Å². The Kier molecular flexibility index (Phi) is 5.08. The van der Waals surface area contributed by atoms with Crippen molar-refractivity contribution in [1.82, 2.24) is 0 Å². The maximum Gasteiger partial charge on any atom is 0.302 e. The molecule has 116 valence electrons. The second-order valence-corrected chi connectivity index (χ2v) is 6.33. The van der Waals surface area contributed by atoms with Gasteiger partial charge in [0.05, 0.1) is 24.4 Å². The summed E-state index contributed by atoms with van der Waals surface area (Å²) in [5.41, 5.74) is -0.630. The van der Waals surface area contributed by atoms with Crippen molar-refractivity contribution in [3.63, 3.8) is 0 Å². The molecule has 4 atom stereocenters. The molecule has 1 aliphatic heterocycles. The number of hydrogen-bond acceptors (Lipinski definition) is 4. The SMILES string of the molecule is CCC1OC(CC)C(C2(O)CCCC2)C1COC(C)=O. The van der Waals surface area contributed by atoms with Gasteiger partial charge in [0.15, 0.2) is 0 Å². The number of aliphatic hydroxyl groups is 1. The van der Waals surface area contributed by atoms with Gasteiger partial charge in [-0.3, -0.25) is 4.79 Å². The smallest absolute Gasteiger partial charge is 0.302 e. The fourth-order valence-corrected chi connectivity index (χ4v) is 4.16. The van der Waals surface area contributed by atoms with Crippen molar-refractivity contribution >= 4 is 5.97 Å². The number of carbonyl (C=O) groups is 1. The molecule has 2 rings (SSSR count). The Morgan fingerprint density at radius 1 is 1.25 bits per heavy atom. The van der Waals surface area contributed by atoms with Crippen LogP contribution in [0.2, 0.25) is 0 Å². The summed E-state index contributed by atoms with van der Waals surface area (Å²) in [5, 5.41) is 11.0. The lowest BCUT2D eigenvalue weighted by molar-refractivity contribution is -0.144.